The summed E-state index contributed by atoms with van der Waals surface area (Å²) in [6.45, 7) is 1.93. The molecular formula is C21H18N2O5. The van der Waals surface area contributed by atoms with Crippen LogP contribution < -0.4 is 14.4 Å². The quantitative estimate of drug-likeness (QED) is 0.436. The van der Waals surface area contributed by atoms with Gasteiger partial charge in [-0.2, -0.15) is 5.26 Å². The van der Waals surface area contributed by atoms with Gasteiger partial charge in [-0.05, 0) is 42.8 Å². The smallest absolute Gasteiger partial charge is 0.349 e. The second-order valence-corrected chi connectivity index (χ2v) is 5.83. The fourth-order valence-electron chi connectivity index (χ4n) is 2.70. The Balaban J connectivity index is 1.65. The standard InChI is InChI=1S/C21H18N2O5/c1-2-23(17-6-4-3-5-7-17)20(24)13-26-21(25)16(12-22)10-15-8-9-18-19(11-15)28-14-27-18/h3-11H,2,13-14H2,1H3/b16-10+. The maximum Gasteiger partial charge on any atom is 0.349 e. The largest absolute Gasteiger partial charge is 0.454 e. The number of hydrogen-bond acceptors (Lipinski definition) is 6. The molecule has 0 radical (unpaired) electrons. The summed E-state index contributed by atoms with van der Waals surface area (Å²) in [4.78, 5) is 26.1. The molecular weight excluding hydrogens is 360 g/mol. The van der Waals surface area contributed by atoms with Gasteiger partial charge in [0.15, 0.2) is 18.1 Å². The third-order valence-electron chi connectivity index (χ3n) is 4.06. The van der Waals surface area contributed by atoms with Crippen LogP contribution in [0.15, 0.2) is 54.1 Å². The number of hydrogen-bond donors (Lipinski definition) is 0. The molecule has 142 valence electrons. The molecule has 7 nitrogen and oxygen atoms in total. The number of para-hydroxylation sites is 1. The lowest BCUT2D eigenvalue weighted by molar-refractivity contribution is -0.143. The van der Waals surface area contributed by atoms with E-state index in [1.807, 2.05) is 25.1 Å². The molecule has 1 aliphatic heterocycles. The number of likely N-dealkylation sites (N-methyl/N-ethyl adjacent to an activating group) is 1. The molecule has 2 aromatic carbocycles. The molecule has 0 bridgehead atoms. The van der Waals surface area contributed by atoms with Crippen LogP contribution in [0.4, 0.5) is 5.69 Å². The Morgan fingerprint density at radius 1 is 1.18 bits per heavy atom. The van der Waals surface area contributed by atoms with E-state index in [2.05, 4.69) is 0 Å². The highest BCUT2D eigenvalue weighted by molar-refractivity contribution is 6.00. The summed E-state index contributed by atoms with van der Waals surface area (Å²) in [6.07, 6.45) is 1.38. The topological polar surface area (TPSA) is 88.9 Å². The minimum atomic E-state index is -0.863. The van der Waals surface area contributed by atoms with Crippen LogP contribution in [0.1, 0.15) is 12.5 Å². The number of benzene rings is 2. The van der Waals surface area contributed by atoms with Gasteiger partial charge in [-0.15, -0.1) is 0 Å². The first-order valence-corrected chi connectivity index (χ1v) is 8.66. The van der Waals surface area contributed by atoms with E-state index in [0.717, 1.165) is 0 Å². The highest BCUT2D eigenvalue weighted by Crippen LogP contribution is 2.33. The molecule has 0 fully saturated rings. The highest BCUT2D eigenvalue weighted by atomic mass is 16.7. The first-order valence-electron chi connectivity index (χ1n) is 8.66. The van der Waals surface area contributed by atoms with Crippen LogP contribution in [0.3, 0.4) is 0 Å². The fourth-order valence-corrected chi connectivity index (χ4v) is 2.70. The van der Waals surface area contributed by atoms with E-state index >= 15 is 0 Å². The van der Waals surface area contributed by atoms with Crippen molar-refractivity contribution in [1.82, 2.24) is 0 Å². The number of carbonyl (C=O) groups is 2. The molecule has 1 amide bonds. The van der Waals surface area contributed by atoms with E-state index in [9.17, 15) is 14.9 Å². The molecule has 0 atom stereocenters. The van der Waals surface area contributed by atoms with Gasteiger partial charge in [-0.25, -0.2) is 4.79 Å². The number of anilines is 1. The molecule has 28 heavy (non-hydrogen) atoms. The van der Waals surface area contributed by atoms with Crippen LogP contribution in [0.5, 0.6) is 11.5 Å². The molecule has 7 heteroatoms. The van der Waals surface area contributed by atoms with E-state index in [-0.39, 0.29) is 18.3 Å². The summed E-state index contributed by atoms with van der Waals surface area (Å²) in [6, 6.07) is 15.9. The maximum atomic E-state index is 12.4. The second-order valence-electron chi connectivity index (χ2n) is 5.83. The molecule has 0 aliphatic carbocycles. The van der Waals surface area contributed by atoms with Crippen molar-refractivity contribution < 1.29 is 23.8 Å². The predicted molar refractivity (Wildman–Crippen MR) is 102 cm³/mol. The van der Waals surface area contributed by atoms with Gasteiger partial charge in [0.05, 0.1) is 0 Å². The number of ether oxygens (including phenoxy) is 3. The van der Waals surface area contributed by atoms with Crippen LogP contribution in [0, 0.1) is 11.3 Å². The minimum absolute atomic E-state index is 0.132. The second kappa shape index (κ2) is 8.73. The highest BCUT2D eigenvalue weighted by Gasteiger charge is 2.19. The Labute approximate surface area is 162 Å². The summed E-state index contributed by atoms with van der Waals surface area (Å²) in [7, 11) is 0. The van der Waals surface area contributed by atoms with Gasteiger partial charge < -0.3 is 19.1 Å². The average Bonchev–Trinajstić information content (AvgIpc) is 3.19. The first-order chi connectivity index (χ1) is 13.6. The maximum absolute atomic E-state index is 12.4. The number of carbonyl (C=O) groups excluding carboxylic acids is 2. The zero-order valence-corrected chi connectivity index (χ0v) is 15.3. The molecule has 0 unspecified atom stereocenters. The van der Waals surface area contributed by atoms with Crippen LogP contribution in [0.2, 0.25) is 0 Å². The molecule has 0 spiro atoms. The van der Waals surface area contributed by atoms with Gasteiger partial charge in [0, 0.05) is 12.2 Å². The lowest BCUT2D eigenvalue weighted by Crippen LogP contribution is -2.34. The van der Waals surface area contributed by atoms with Crippen molar-refractivity contribution in [2.75, 3.05) is 24.8 Å². The number of fused-ring (bicyclic) bond motifs is 1. The van der Waals surface area contributed by atoms with E-state index in [1.165, 1.54) is 11.0 Å². The molecule has 0 aromatic heterocycles. The summed E-state index contributed by atoms with van der Waals surface area (Å²) < 4.78 is 15.5. The number of nitriles is 1. The summed E-state index contributed by atoms with van der Waals surface area (Å²) >= 11 is 0. The van der Waals surface area contributed by atoms with Gasteiger partial charge >= 0.3 is 5.97 Å². The van der Waals surface area contributed by atoms with Gasteiger partial charge in [-0.1, -0.05) is 24.3 Å². The first kappa shape index (κ1) is 19.0. The van der Waals surface area contributed by atoms with Crippen molar-refractivity contribution in [3.05, 3.63) is 59.7 Å². The Morgan fingerprint density at radius 2 is 1.93 bits per heavy atom. The van der Waals surface area contributed by atoms with Crippen LogP contribution >= 0.6 is 0 Å². The molecule has 2 aromatic rings. The van der Waals surface area contributed by atoms with Gasteiger partial charge in [-0.3, -0.25) is 4.79 Å². The average molecular weight is 378 g/mol. The van der Waals surface area contributed by atoms with Gasteiger partial charge in [0.25, 0.3) is 5.91 Å². The lowest BCUT2D eigenvalue weighted by atomic mass is 10.1. The van der Waals surface area contributed by atoms with Crippen molar-refractivity contribution in [2.24, 2.45) is 0 Å². The molecule has 0 N–H and O–H groups in total. The van der Waals surface area contributed by atoms with E-state index in [0.29, 0.717) is 29.3 Å². The lowest BCUT2D eigenvalue weighted by Gasteiger charge is -2.20. The van der Waals surface area contributed by atoms with Crippen molar-refractivity contribution in [3.8, 4) is 17.6 Å². The molecule has 0 saturated heterocycles. The Morgan fingerprint density at radius 3 is 2.64 bits per heavy atom. The minimum Gasteiger partial charge on any atom is -0.454 e. The molecule has 1 heterocycles. The van der Waals surface area contributed by atoms with E-state index in [4.69, 9.17) is 14.2 Å². The van der Waals surface area contributed by atoms with E-state index in [1.54, 1.807) is 36.4 Å². The van der Waals surface area contributed by atoms with Crippen molar-refractivity contribution in [2.45, 2.75) is 6.92 Å². The van der Waals surface area contributed by atoms with Crippen LogP contribution in [0.25, 0.3) is 6.08 Å². The summed E-state index contributed by atoms with van der Waals surface area (Å²) in [5.41, 5.74) is 1.08. The van der Waals surface area contributed by atoms with Crippen LogP contribution in [-0.4, -0.2) is 31.8 Å². The van der Waals surface area contributed by atoms with Gasteiger partial charge in [0.2, 0.25) is 6.79 Å². The van der Waals surface area contributed by atoms with Gasteiger partial charge in [0.1, 0.15) is 11.6 Å². The third kappa shape index (κ3) is 4.30. The van der Waals surface area contributed by atoms with Crippen LogP contribution in [-0.2, 0) is 14.3 Å². The van der Waals surface area contributed by atoms with Crippen molar-refractivity contribution in [3.63, 3.8) is 0 Å². The Kier molecular flexibility index (Phi) is 5.92. The number of nitrogens with zero attached hydrogens (tertiary/aromatic N) is 2. The molecule has 0 saturated carbocycles. The number of rotatable bonds is 6. The third-order valence-corrected chi connectivity index (χ3v) is 4.06. The van der Waals surface area contributed by atoms with Crippen molar-refractivity contribution in [1.29, 1.82) is 5.26 Å². The Bertz CT molecular complexity index is 947. The predicted octanol–water partition coefficient (Wildman–Crippen LogP) is 2.92. The number of amides is 1. The SMILES string of the molecule is CCN(C(=O)COC(=O)/C(C#N)=C/c1ccc2c(c1)OCO2)c1ccccc1. The summed E-state index contributed by atoms with van der Waals surface area (Å²) in [5.74, 6) is -0.0968. The zero-order valence-electron chi connectivity index (χ0n) is 15.3. The fraction of sp³-hybridized carbons (Fsp3) is 0.190. The Hall–Kier alpha value is -3.79. The van der Waals surface area contributed by atoms with E-state index < -0.39 is 12.6 Å². The normalized spacial score (nSPS) is 12.2. The monoisotopic (exact) mass is 378 g/mol. The zero-order chi connectivity index (χ0) is 19.9. The molecule has 3 rings (SSSR count). The number of esters is 1. The summed E-state index contributed by atoms with van der Waals surface area (Å²) in [5, 5.41) is 9.28. The molecule has 1 aliphatic rings. The van der Waals surface area contributed by atoms with Crippen molar-refractivity contribution >= 4 is 23.6 Å².